The Morgan fingerprint density at radius 1 is 1.00 bits per heavy atom. The first-order chi connectivity index (χ1) is 3.47. The number of hydrogen-bond donors (Lipinski definition) is 0. The van der Waals surface area contributed by atoms with E-state index >= 15 is 0 Å². The molecule has 0 amide bonds. The van der Waals surface area contributed by atoms with E-state index in [1.165, 1.54) is 6.42 Å². The summed E-state index contributed by atoms with van der Waals surface area (Å²) in [6.45, 7) is 0. The lowest BCUT2D eigenvalue weighted by Gasteiger charge is -1.87. The second kappa shape index (κ2) is 1.77. The Kier molecular flexibility index (Phi) is 1.24. The molecule has 0 aromatic carbocycles. The van der Waals surface area contributed by atoms with Crippen molar-refractivity contribution in [1.29, 1.82) is 0 Å². The lowest BCUT2D eigenvalue weighted by atomic mass is 10.2. The zero-order valence-electron chi connectivity index (χ0n) is 4.17. The average Bonchev–Trinajstić information content (AvgIpc) is 2.41. The van der Waals surface area contributed by atoms with Gasteiger partial charge in [-0.05, 0) is 18.3 Å². The maximum absolute atomic E-state index is 2.30. The highest BCUT2D eigenvalue weighted by Gasteiger charge is 2.32. The molecule has 2 aliphatic rings. The lowest BCUT2D eigenvalue weighted by molar-refractivity contribution is 0.981. The van der Waals surface area contributed by atoms with Gasteiger partial charge in [0.25, 0.3) is 0 Å². The number of fused-ring (bicyclic) bond motifs is 1. The van der Waals surface area contributed by atoms with E-state index in [9.17, 15) is 0 Å². The number of allylic oxidation sites excluding steroid dienone is 4. The summed E-state index contributed by atoms with van der Waals surface area (Å²) >= 11 is 0. The molecule has 0 N–H and O–H groups in total. The molecular formula is C8H12. The second-order valence-electron chi connectivity index (χ2n) is 2.33. The van der Waals surface area contributed by atoms with Crippen molar-refractivity contribution in [3.8, 4) is 0 Å². The Hall–Kier alpha value is -0.520. The van der Waals surface area contributed by atoms with Gasteiger partial charge in [-0.3, -0.25) is 0 Å². The minimum absolute atomic E-state index is 0. The third-order valence-electron chi connectivity index (χ3n) is 1.72. The summed E-state index contributed by atoms with van der Waals surface area (Å²) in [5, 5.41) is 0. The van der Waals surface area contributed by atoms with Crippen molar-refractivity contribution in [3.05, 3.63) is 24.3 Å². The highest BCUT2D eigenvalue weighted by atomic mass is 14.4. The molecule has 1 fully saturated rings. The number of rotatable bonds is 0. The monoisotopic (exact) mass is 108 g/mol. The molecule has 0 aromatic rings. The molecule has 1 saturated carbocycles. The van der Waals surface area contributed by atoms with Crippen molar-refractivity contribution < 1.29 is 0 Å². The van der Waals surface area contributed by atoms with Crippen molar-refractivity contribution in [2.45, 2.75) is 13.8 Å². The molecule has 0 spiro atoms. The fourth-order valence-electron chi connectivity index (χ4n) is 1.09. The Balaban J connectivity index is 0.000000320. The molecule has 2 aliphatic carbocycles. The highest BCUT2D eigenvalue weighted by Crippen LogP contribution is 2.42. The summed E-state index contributed by atoms with van der Waals surface area (Å²) in [6.07, 6.45) is 10.3. The summed E-state index contributed by atoms with van der Waals surface area (Å²) in [5.41, 5.74) is 0. The van der Waals surface area contributed by atoms with E-state index in [1.54, 1.807) is 0 Å². The third kappa shape index (κ3) is 0.706. The van der Waals surface area contributed by atoms with Crippen LogP contribution in [0.25, 0.3) is 0 Å². The molecule has 0 saturated heterocycles. The molecule has 2 atom stereocenters. The zero-order chi connectivity index (χ0) is 4.69. The van der Waals surface area contributed by atoms with E-state index in [1.807, 2.05) is 0 Å². The Morgan fingerprint density at radius 3 is 1.88 bits per heavy atom. The van der Waals surface area contributed by atoms with Crippen LogP contribution in [0.15, 0.2) is 24.3 Å². The predicted octanol–water partition coefficient (Wildman–Crippen LogP) is 2.38. The quantitative estimate of drug-likeness (QED) is 0.447. The fraction of sp³-hybridized carbons (Fsp3) is 0.500. The molecule has 0 aromatic heterocycles. The Bertz CT molecular complexity index is 115. The van der Waals surface area contributed by atoms with E-state index in [2.05, 4.69) is 24.3 Å². The second-order valence-corrected chi connectivity index (χ2v) is 2.33. The van der Waals surface area contributed by atoms with Crippen LogP contribution in [0.2, 0.25) is 0 Å². The lowest BCUT2D eigenvalue weighted by Crippen LogP contribution is -1.74. The molecule has 0 heteroatoms. The van der Waals surface area contributed by atoms with Gasteiger partial charge in [0.15, 0.2) is 0 Å². The molecule has 2 rings (SSSR count). The summed E-state index contributed by atoms with van der Waals surface area (Å²) < 4.78 is 0. The van der Waals surface area contributed by atoms with Crippen molar-refractivity contribution in [2.75, 3.05) is 0 Å². The molecule has 0 heterocycles. The molecular weight excluding hydrogens is 96.1 g/mol. The Morgan fingerprint density at radius 2 is 1.50 bits per heavy atom. The normalized spacial score (nSPS) is 38.0. The van der Waals surface area contributed by atoms with Gasteiger partial charge in [0.1, 0.15) is 0 Å². The highest BCUT2D eigenvalue weighted by molar-refractivity contribution is 5.21. The van der Waals surface area contributed by atoms with E-state index in [4.69, 9.17) is 0 Å². The van der Waals surface area contributed by atoms with Crippen LogP contribution in [-0.4, -0.2) is 0 Å². The molecule has 0 radical (unpaired) electrons. The molecule has 8 heavy (non-hydrogen) atoms. The average molecular weight is 108 g/mol. The molecule has 44 valence electrons. The summed E-state index contributed by atoms with van der Waals surface area (Å²) in [6, 6.07) is 0. The maximum atomic E-state index is 2.30. The number of hydrogen-bond acceptors (Lipinski definition) is 0. The van der Waals surface area contributed by atoms with Crippen molar-refractivity contribution in [1.82, 2.24) is 0 Å². The first-order valence-corrected chi connectivity index (χ1v) is 2.82. The smallest absolute Gasteiger partial charge is 0.0161 e. The third-order valence-corrected chi connectivity index (χ3v) is 1.72. The SMILES string of the molecule is C.C1=CC2CC2C=C1. The van der Waals surface area contributed by atoms with Crippen molar-refractivity contribution in [3.63, 3.8) is 0 Å². The summed E-state index contributed by atoms with van der Waals surface area (Å²) in [5.74, 6) is 1.87. The van der Waals surface area contributed by atoms with Crippen LogP contribution in [0.4, 0.5) is 0 Å². The standard InChI is InChI=1S/C7H8.CH4/c1-2-4-7-5-6(7)3-1;/h1-4,6-7H,5H2;1H4. The van der Waals surface area contributed by atoms with E-state index in [0.29, 0.717) is 0 Å². The fourth-order valence-corrected chi connectivity index (χ4v) is 1.09. The van der Waals surface area contributed by atoms with E-state index in [-0.39, 0.29) is 7.43 Å². The predicted molar refractivity (Wildman–Crippen MR) is 36.6 cm³/mol. The van der Waals surface area contributed by atoms with Gasteiger partial charge < -0.3 is 0 Å². The topological polar surface area (TPSA) is 0 Å². The van der Waals surface area contributed by atoms with Crippen molar-refractivity contribution in [2.24, 2.45) is 11.8 Å². The van der Waals surface area contributed by atoms with Gasteiger partial charge in [-0.15, -0.1) is 0 Å². The largest absolute Gasteiger partial charge is 0.0808 e. The molecule has 0 nitrogen and oxygen atoms in total. The Labute approximate surface area is 50.9 Å². The van der Waals surface area contributed by atoms with Crippen LogP contribution in [0.1, 0.15) is 13.8 Å². The first kappa shape index (κ1) is 5.61. The van der Waals surface area contributed by atoms with Crippen LogP contribution in [0, 0.1) is 11.8 Å². The maximum Gasteiger partial charge on any atom is -0.0161 e. The van der Waals surface area contributed by atoms with Gasteiger partial charge in [-0.25, -0.2) is 0 Å². The van der Waals surface area contributed by atoms with Gasteiger partial charge in [0, 0.05) is 0 Å². The molecule has 0 aliphatic heterocycles. The van der Waals surface area contributed by atoms with Crippen LogP contribution in [-0.2, 0) is 0 Å². The van der Waals surface area contributed by atoms with Crippen LogP contribution >= 0.6 is 0 Å². The first-order valence-electron chi connectivity index (χ1n) is 2.82. The van der Waals surface area contributed by atoms with E-state index < -0.39 is 0 Å². The van der Waals surface area contributed by atoms with Crippen molar-refractivity contribution >= 4 is 0 Å². The van der Waals surface area contributed by atoms with Gasteiger partial charge >= 0.3 is 0 Å². The summed E-state index contributed by atoms with van der Waals surface area (Å²) in [4.78, 5) is 0. The van der Waals surface area contributed by atoms with Crippen LogP contribution in [0.3, 0.4) is 0 Å². The van der Waals surface area contributed by atoms with E-state index in [0.717, 1.165) is 11.8 Å². The minimum Gasteiger partial charge on any atom is -0.0808 e. The van der Waals surface area contributed by atoms with Gasteiger partial charge in [-0.2, -0.15) is 0 Å². The van der Waals surface area contributed by atoms with Gasteiger partial charge in [-0.1, -0.05) is 31.7 Å². The van der Waals surface area contributed by atoms with Gasteiger partial charge in [0.05, 0.1) is 0 Å². The van der Waals surface area contributed by atoms with Crippen LogP contribution in [0.5, 0.6) is 0 Å². The zero-order valence-corrected chi connectivity index (χ0v) is 4.17. The molecule has 2 unspecified atom stereocenters. The minimum atomic E-state index is 0. The summed E-state index contributed by atoms with van der Waals surface area (Å²) in [7, 11) is 0. The molecule has 0 bridgehead atoms. The van der Waals surface area contributed by atoms with Gasteiger partial charge in [0.2, 0.25) is 0 Å². The van der Waals surface area contributed by atoms with Crippen LogP contribution < -0.4 is 0 Å².